The van der Waals surface area contributed by atoms with Crippen molar-refractivity contribution in [1.82, 2.24) is 0 Å². The van der Waals surface area contributed by atoms with Crippen LogP contribution in [0.15, 0.2) is 18.2 Å². The molecule has 0 heterocycles. The van der Waals surface area contributed by atoms with E-state index in [4.69, 9.17) is 17.3 Å². The van der Waals surface area contributed by atoms with Gasteiger partial charge in [0.2, 0.25) is 0 Å². The van der Waals surface area contributed by atoms with E-state index in [1.807, 2.05) is 0 Å². The lowest BCUT2D eigenvalue weighted by atomic mass is 10.0. The predicted octanol–water partition coefficient (Wildman–Crippen LogP) is 3.43. The summed E-state index contributed by atoms with van der Waals surface area (Å²) in [6.07, 6.45) is -5.55. The quantitative estimate of drug-likeness (QED) is 0.789. The molecule has 1 nitrogen and oxygen atoms in total. The Kier molecular flexibility index (Phi) is 3.57. The second-order valence-corrected chi connectivity index (χ2v) is 3.51. The first-order valence-electron chi connectivity index (χ1n) is 4.07. The van der Waals surface area contributed by atoms with Crippen molar-refractivity contribution in [2.75, 3.05) is 0 Å². The summed E-state index contributed by atoms with van der Waals surface area (Å²) in [6.45, 7) is 0. The second kappa shape index (κ2) is 4.37. The molecule has 1 rings (SSSR count). The zero-order chi connectivity index (χ0) is 11.6. The summed E-state index contributed by atoms with van der Waals surface area (Å²) in [6, 6.07) is 2.11. The van der Waals surface area contributed by atoms with Crippen LogP contribution in [0.4, 0.5) is 17.6 Å². The molecule has 0 saturated heterocycles. The lowest BCUT2D eigenvalue weighted by molar-refractivity contribution is -0.138. The lowest BCUT2D eigenvalue weighted by Crippen LogP contribution is -2.20. The van der Waals surface area contributed by atoms with E-state index in [0.717, 1.165) is 6.07 Å². The van der Waals surface area contributed by atoms with Crippen LogP contribution in [0.5, 0.6) is 0 Å². The molecule has 0 bridgehead atoms. The molecule has 1 atom stereocenters. The zero-order valence-corrected chi connectivity index (χ0v) is 8.24. The predicted molar refractivity (Wildman–Crippen MR) is 49.0 cm³/mol. The Morgan fingerprint density at radius 1 is 1.33 bits per heavy atom. The van der Waals surface area contributed by atoms with Gasteiger partial charge in [0.25, 0.3) is 0 Å². The standard InChI is InChI=1S/C9H8ClF4N/c10-6-2-1-5(3-7(6)11)8(15)4-9(12,13)14/h1-3,8H,4,15H2. The minimum absolute atomic E-state index is 0.0780. The third-order valence-electron chi connectivity index (χ3n) is 1.82. The van der Waals surface area contributed by atoms with Crippen LogP contribution in [0.1, 0.15) is 18.0 Å². The van der Waals surface area contributed by atoms with Crippen molar-refractivity contribution < 1.29 is 17.6 Å². The van der Waals surface area contributed by atoms with Gasteiger partial charge in [-0.3, -0.25) is 0 Å². The van der Waals surface area contributed by atoms with Crippen molar-refractivity contribution in [2.45, 2.75) is 18.6 Å². The Morgan fingerprint density at radius 3 is 2.40 bits per heavy atom. The molecule has 0 fully saturated rings. The molecule has 1 aromatic rings. The van der Waals surface area contributed by atoms with Crippen molar-refractivity contribution in [3.63, 3.8) is 0 Å². The maximum Gasteiger partial charge on any atom is 0.390 e. The molecule has 0 saturated carbocycles. The molecule has 0 spiro atoms. The van der Waals surface area contributed by atoms with Crippen LogP contribution in [-0.4, -0.2) is 6.18 Å². The molecule has 6 heteroatoms. The summed E-state index contributed by atoms with van der Waals surface area (Å²) in [5, 5.41) is -0.141. The van der Waals surface area contributed by atoms with Crippen LogP contribution in [-0.2, 0) is 0 Å². The molecule has 15 heavy (non-hydrogen) atoms. The van der Waals surface area contributed by atoms with Crippen LogP contribution >= 0.6 is 11.6 Å². The Balaban J connectivity index is 2.83. The maximum absolute atomic E-state index is 12.9. The Bertz CT molecular complexity index is 350. The zero-order valence-electron chi connectivity index (χ0n) is 7.48. The summed E-state index contributed by atoms with van der Waals surface area (Å²) in [5.74, 6) is -0.771. The number of halogens is 5. The summed E-state index contributed by atoms with van der Waals surface area (Å²) in [7, 11) is 0. The fourth-order valence-corrected chi connectivity index (χ4v) is 1.23. The van der Waals surface area contributed by atoms with E-state index < -0.39 is 24.5 Å². The first kappa shape index (κ1) is 12.3. The van der Waals surface area contributed by atoms with E-state index in [2.05, 4.69) is 0 Å². The number of hydrogen-bond donors (Lipinski definition) is 1. The van der Waals surface area contributed by atoms with E-state index in [1.165, 1.54) is 12.1 Å². The van der Waals surface area contributed by atoms with E-state index in [9.17, 15) is 17.6 Å². The van der Waals surface area contributed by atoms with Gasteiger partial charge in [-0.05, 0) is 17.7 Å². The SMILES string of the molecule is NC(CC(F)(F)F)c1ccc(Cl)c(F)c1. The summed E-state index contributed by atoms with van der Waals surface area (Å²) in [4.78, 5) is 0. The van der Waals surface area contributed by atoms with Gasteiger partial charge in [0.1, 0.15) is 5.82 Å². The highest BCUT2D eigenvalue weighted by atomic mass is 35.5. The van der Waals surface area contributed by atoms with Gasteiger partial charge >= 0.3 is 6.18 Å². The molecule has 0 aromatic heterocycles. The minimum atomic E-state index is -4.37. The molecular formula is C9H8ClF4N. The number of hydrogen-bond acceptors (Lipinski definition) is 1. The first-order valence-corrected chi connectivity index (χ1v) is 4.44. The molecule has 1 aromatic carbocycles. The Hall–Kier alpha value is -0.810. The van der Waals surface area contributed by atoms with Gasteiger partial charge in [-0.15, -0.1) is 0 Å². The number of benzene rings is 1. The van der Waals surface area contributed by atoms with Crippen molar-refractivity contribution in [2.24, 2.45) is 5.73 Å². The average molecular weight is 242 g/mol. The van der Waals surface area contributed by atoms with Gasteiger partial charge in [-0.1, -0.05) is 17.7 Å². The Morgan fingerprint density at radius 2 is 1.93 bits per heavy atom. The topological polar surface area (TPSA) is 26.0 Å². The second-order valence-electron chi connectivity index (χ2n) is 3.10. The van der Waals surface area contributed by atoms with Crippen LogP contribution in [0, 0.1) is 5.82 Å². The number of rotatable bonds is 2. The summed E-state index contributed by atoms with van der Waals surface area (Å²) < 4.78 is 48.8. The smallest absolute Gasteiger partial charge is 0.324 e. The normalized spacial score (nSPS) is 14.0. The van der Waals surface area contributed by atoms with Gasteiger partial charge in [0.05, 0.1) is 11.4 Å². The van der Waals surface area contributed by atoms with E-state index in [1.54, 1.807) is 0 Å². The van der Waals surface area contributed by atoms with Crippen LogP contribution in [0.3, 0.4) is 0 Å². The van der Waals surface area contributed by atoms with E-state index in [0.29, 0.717) is 0 Å². The Labute approximate surface area is 88.8 Å². The molecule has 0 aliphatic rings. The number of alkyl halides is 3. The summed E-state index contributed by atoms with van der Waals surface area (Å²) in [5.41, 5.74) is 5.35. The number of nitrogens with two attached hydrogens (primary N) is 1. The molecule has 0 aliphatic heterocycles. The lowest BCUT2D eigenvalue weighted by Gasteiger charge is -2.14. The molecule has 84 valence electrons. The van der Waals surface area contributed by atoms with Gasteiger partial charge in [0.15, 0.2) is 0 Å². The highest BCUT2D eigenvalue weighted by molar-refractivity contribution is 6.30. The van der Waals surface area contributed by atoms with Crippen LogP contribution in [0.25, 0.3) is 0 Å². The fraction of sp³-hybridized carbons (Fsp3) is 0.333. The first-order chi connectivity index (χ1) is 6.79. The monoisotopic (exact) mass is 241 g/mol. The molecule has 2 N–H and O–H groups in total. The average Bonchev–Trinajstić information content (AvgIpc) is 2.06. The third-order valence-corrected chi connectivity index (χ3v) is 2.13. The van der Waals surface area contributed by atoms with E-state index >= 15 is 0 Å². The molecule has 0 radical (unpaired) electrons. The third kappa shape index (κ3) is 3.68. The van der Waals surface area contributed by atoms with Crippen molar-refractivity contribution >= 4 is 11.6 Å². The van der Waals surface area contributed by atoms with Crippen molar-refractivity contribution in [1.29, 1.82) is 0 Å². The molecule has 0 amide bonds. The van der Waals surface area contributed by atoms with Crippen LogP contribution < -0.4 is 5.73 Å². The minimum Gasteiger partial charge on any atom is -0.324 e. The van der Waals surface area contributed by atoms with Gasteiger partial charge in [-0.25, -0.2) is 4.39 Å². The highest BCUT2D eigenvalue weighted by Crippen LogP contribution is 2.29. The van der Waals surface area contributed by atoms with Crippen molar-refractivity contribution in [3.05, 3.63) is 34.6 Å². The molecule has 1 unspecified atom stereocenters. The van der Waals surface area contributed by atoms with Crippen molar-refractivity contribution in [3.8, 4) is 0 Å². The molecule has 0 aliphatic carbocycles. The molecular weight excluding hydrogens is 234 g/mol. The fourth-order valence-electron chi connectivity index (χ4n) is 1.11. The van der Waals surface area contributed by atoms with Gasteiger partial charge in [0, 0.05) is 6.04 Å². The van der Waals surface area contributed by atoms with Gasteiger partial charge < -0.3 is 5.73 Å². The van der Waals surface area contributed by atoms with Crippen LogP contribution in [0.2, 0.25) is 5.02 Å². The van der Waals surface area contributed by atoms with Gasteiger partial charge in [-0.2, -0.15) is 13.2 Å². The summed E-state index contributed by atoms with van der Waals surface area (Å²) >= 11 is 5.38. The van der Waals surface area contributed by atoms with E-state index in [-0.39, 0.29) is 10.6 Å². The largest absolute Gasteiger partial charge is 0.390 e. The maximum atomic E-state index is 12.9. The highest BCUT2D eigenvalue weighted by Gasteiger charge is 2.31.